The lowest BCUT2D eigenvalue weighted by atomic mass is 10.0. The third-order valence-electron chi connectivity index (χ3n) is 6.04. The molecule has 0 bridgehead atoms. The molecule has 1 aliphatic rings. The van der Waals surface area contributed by atoms with Crippen molar-refractivity contribution < 1.29 is 27.5 Å². The number of rotatable bonds is 10. The molecule has 0 radical (unpaired) electrons. The maximum atomic E-state index is 13.5. The molecule has 0 saturated carbocycles. The first-order chi connectivity index (χ1) is 17.4. The summed E-state index contributed by atoms with van der Waals surface area (Å²) in [5.41, 5.74) is 0.454. The fourth-order valence-electron chi connectivity index (χ4n) is 4.31. The van der Waals surface area contributed by atoms with Crippen molar-refractivity contribution in [3.8, 4) is 5.75 Å². The number of carbonyl (C=O) groups excluding carboxylic acids is 3. The van der Waals surface area contributed by atoms with Gasteiger partial charge in [-0.05, 0) is 63.4 Å². The van der Waals surface area contributed by atoms with E-state index in [9.17, 15) is 22.8 Å². The lowest BCUT2D eigenvalue weighted by Gasteiger charge is -2.33. The van der Waals surface area contributed by atoms with Crippen LogP contribution in [0.4, 0.5) is 0 Å². The van der Waals surface area contributed by atoms with Crippen LogP contribution in [0.15, 0.2) is 53.4 Å². The minimum absolute atomic E-state index is 0.0177. The lowest BCUT2D eigenvalue weighted by Crippen LogP contribution is -2.53. The number of amides is 3. The number of methoxy groups -OCH3 is 1. The molecule has 0 spiro atoms. The lowest BCUT2D eigenvalue weighted by molar-refractivity contribution is -0.142. The van der Waals surface area contributed by atoms with Crippen LogP contribution >= 0.6 is 0 Å². The zero-order valence-corrected chi connectivity index (χ0v) is 22.8. The van der Waals surface area contributed by atoms with Crippen LogP contribution in [0.1, 0.15) is 62.9 Å². The first-order valence-electron chi connectivity index (χ1n) is 12.3. The molecule has 1 N–H and O–H groups in total. The topological polar surface area (TPSA) is 113 Å². The monoisotopic (exact) mass is 529 g/mol. The van der Waals surface area contributed by atoms with E-state index >= 15 is 0 Å². The predicted octanol–water partition coefficient (Wildman–Crippen LogP) is 3.34. The van der Waals surface area contributed by atoms with Gasteiger partial charge >= 0.3 is 0 Å². The van der Waals surface area contributed by atoms with Gasteiger partial charge in [-0.2, -0.15) is 0 Å². The number of fused-ring (bicyclic) bond motifs is 1. The number of hydrogen-bond acceptors (Lipinski definition) is 6. The highest BCUT2D eigenvalue weighted by Gasteiger charge is 2.40. The summed E-state index contributed by atoms with van der Waals surface area (Å²) in [4.78, 5) is 40.8. The van der Waals surface area contributed by atoms with Crippen LogP contribution in [-0.4, -0.2) is 60.6 Å². The van der Waals surface area contributed by atoms with Gasteiger partial charge in [-0.25, -0.2) is 12.7 Å². The number of carbonyl (C=O) groups is 3. The molecule has 0 unspecified atom stereocenters. The maximum absolute atomic E-state index is 13.5. The summed E-state index contributed by atoms with van der Waals surface area (Å²) in [6.45, 7) is 7.51. The molecular formula is C27H35N3O6S. The molecule has 2 aromatic carbocycles. The first kappa shape index (κ1) is 28.2. The quantitative estimate of drug-likeness (QED) is 0.505. The average molecular weight is 530 g/mol. The Kier molecular flexibility index (Phi) is 8.63. The van der Waals surface area contributed by atoms with Gasteiger partial charge in [-0.15, -0.1) is 0 Å². The molecule has 0 saturated heterocycles. The van der Waals surface area contributed by atoms with Gasteiger partial charge in [-0.3, -0.25) is 14.4 Å². The highest BCUT2D eigenvalue weighted by molar-refractivity contribution is 7.90. The van der Waals surface area contributed by atoms with Crippen molar-refractivity contribution in [2.24, 2.45) is 0 Å². The number of nitrogens with one attached hydrogen (secondary N) is 1. The smallest absolute Gasteiger partial charge is 0.269 e. The standard InChI is InChI=1S/C27H35N3O6S/c1-6-22(25(32)28-27(2,3)4)29(18-19-11-9-12-20(17-19)36-5)24(31)15-10-16-30-26(33)21-13-7-8-14-23(21)37(30,34)35/h7-9,11-14,17,22H,6,10,15-16,18H2,1-5H3,(H,28,32)/t22-/m0/s1. The van der Waals surface area contributed by atoms with Crippen molar-refractivity contribution in [1.82, 2.24) is 14.5 Å². The summed E-state index contributed by atoms with van der Waals surface area (Å²) in [7, 11) is -2.39. The van der Waals surface area contributed by atoms with Crippen molar-refractivity contribution in [2.75, 3.05) is 13.7 Å². The van der Waals surface area contributed by atoms with E-state index in [0.29, 0.717) is 12.2 Å². The Morgan fingerprint density at radius 1 is 1.11 bits per heavy atom. The second-order valence-corrected chi connectivity index (χ2v) is 11.8. The van der Waals surface area contributed by atoms with Gasteiger partial charge in [-0.1, -0.05) is 31.2 Å². The SMILES string of the molecule is CC[C@@H](C(=O)NC(C)(C)C)N(Cc1cccc(OC)c1)C(=O)CCCN1C(=O)c2ccccc2S1(=O)=O. The van der Waals surface area contributed by atoms with E-state index in [-0.39, 0.29) is 48.2 Å². The second-order valence-electron chi connectivity index (χ2n) is 10.0. The highest BCUT2D eigenvalue weighted by atomic mass is 32.2. The highest BCUT2D eigenvalue weighted by Crippen LogP contribution is 2.30. The number of benzene rings is 2. The van der Waals surface area contributed by atoms with Crippen molar-refractivity contribution in [1.29, 1.82) is 0 Å². The van der Waals surface area contributed by atoms with Crippen LogP contribution < -0.4 is 10.1 Å². The molecule has 3 rings (SSSR count). The molecule has 1 atom stereocenters. The number of hydrogen-bond donors (Lipinski definition) is 1. The van der Waals surface area contributed by atoms with Gasteiger partial charge < -0.3 is 15.0 Å². The zero-order valence-electron chi connectivity index (χ0n) is 22.0. The molecule has 37 heavy (non-hydrogen) atoms. The number of ether oxygens (including phenoxy) is 1. The van der Waals surface area contributed by atoms with Crippen molar-refractivity contribution in [3.63, 3.8) is 0 Å². The molecular weight excluding hydrogens is 494 g/mol. The predicted molar refractivity (Wildman–Crippen MR) is 139 cm³/mol. The Hall–Kier alpha value is -3.40. The Labute approximate surface area is 218 Å². The van der Waals surface area contributed by atoms with Crippen molar-refractivity contribution in [3.05, 3.63) is 59.7 Å². The summed E-state index contributed by atoms with van der Waals surface area (Å²) < 4.78 is 31.8. The van der Waals surface area contributed by atoms with Crippen LogP contribution in [0, 0.1) is 0 Å². The van der Waals surface area contributed by atoms with Crippen LogP contribution in [0.2, 0.25) is 0 Å². The zero-order chi connectivity index (χ0) is 27.4. The van der Waals surface area contributed by atoms with Crippen molar-refractivity contribution in [2.45, 2.75) is 70.0 Å². The van der Waals surface area contributed by atoms with E-state index in [1.54, 1.807) is 31.4 Å². The van der Waals surface area contributed by atoms with E-state index < -0.39 is 27.5 Å². The number of sulfonamides is 1. The Morgan fingerprint density at radius 2 is 1.81 bits per heavy atom. The first-order valence-corrected chi connectivity index (χ1v) is 13.7. The molecule has 2 aromatic rings. The van der Waals surface area contributed by atoms with Crippen LogP contribution in [0.25, 0.3) is 0 Å². The summed E-state index contributed by atoms with van der Waals surface area (Å²) in [6.07, 6.45) is 0.495. The average Bonchev–Trinajstić information content (AvgIpc) is 3.03. The van der Waals surface area contributed by atoms with Crippen LogP contribution in [0.3, 0.4) is 0 Å². The summed E-state index contributed by atoms with van der Waals surface area (Å²) in [5.74, 6) is -0.527. The minimum atomic E-state index is -3.94. The maximum Gasteiger partial charge on any atom is 0.269 e. The third-order valence-corrected chi connectivity index (χ3v) is 7.88. The molecule has 200 valence electrons. The van der Waals surface area contributed by atoms with Gasteiger partial charge in [0.1, 0.15) is 16.7 Å². The van der Waals surface area contributed by atoms with E-state index in [1.807, 2.05) is 39.8 Å². The van der Waals surface area contributed by atoms with Crippen molar-refractivity contribution >= 4 is 27.7 Å². The summed E-state index contributed by atoms with van der Waals surface area (Å²) >= 11 is 0. The van der Waals surface area contributed by atoms with E-state index in [1.165, 1.54) is 17.0 Å². The van der Waals surface area contributed by atoms with Gasteiger partial charge in [0.15, 0.2) is 0 Å². The molecule has 0 aromatic heterocycles. The van der Waals surface area contributed by atoms with Crippen LogP contribution in [-0.2, 0) is 26.2 Å². The molecule has 1 heterocycles. The van der Waals surface area contributed by atoms with Gasteiger partial charge in [0, 0.05) is 25.0 Å². The minimum Gasteiger partial charge on any atom is -0.497 e. The van der Waals surface area contributed by atoms with Gasteiger partial charge in [0.25, 0.3) is 15.9 Å². The van der Waals surface area contributed by atoms with E-state index in [0.717, 1.165) is 9.87 Å². The molecule has 3 amide bonds. The third kappa shape index (κ3) is 6.49. The fourth-order valence-corrected chi connectivity index (χ4v) is 5.92. The molecule has 9 nitrogen and oxygen atoms in total. The fraction of sp³-hybridized carbons (Fsp3) is 0.444. The Morgan fingerprint density at radius 3 is 2.43 bits per heavy atom. The summed E-state index contributed by atoms with van der Waals surface area (Å²) in [5, 5.41) is 2.95. The van der Waals surface area contributed by atoms with Gasteiger partial charge in [0.05, 0.1) is 12.7 Å². The number of nitrogens with zero attached hydrogens (tertiary/aromatic N) is 2. The molecule has 1 aliphatic heterocycles. The second kappa shape index (κ2) is 11.3. The normalized spacial score (nSPS) is 15.2. The van der Waals surface area contributed by atoms with E-state index in [4.69, 9.17) is 4.74 Å². The Bertz CT molecular complexity index is 1270. The molecule has 10 heteroatoms. The van der Waals surface area contributed by atoms with Gasteiger partial charge in [0.2, 0.25) is 11.8 Å². The van der Waals surface area contributed by atoms with E-state index in [2.05, 4.69) is 5.32 Å². The largest absolute Gasteiger partial charge is 0.497 e. The van der Waals surface area contributed by atoms with Crippen LogP contribution in [0.5, 0.6) is 5.75 Å². The Balaban J connectivity index is 1.78. The molecule has 0 aliphatic carbocycles. The molecule has 0 fully saturated rings. The summed E-state index contributed by atoms with van der Waals surface area (Å²) in [6, 6.07) is 12.6.